The van der Waals surface area contributed by atoms with E-state index in [0.29, 0.717) is 6.10 Å². The first-order chi connectivity index (χ1) is 7.63. The van der Waals surface area contributed by atoms with Gasteiger partial charge >= 0.3 is 5.97 Å². The number of ether oxygens (including phenoxy) is 1. The lowest BCUT2D eigenvalue weighted by Crippen LogP contribution is -2.41. The Bertz CT molecular complexity index is 214. The molecule has 0 aromatic heterocycles. The zero-order valence-corrected chi connectivity index (χ0v) is 10.3. The third kappa shape index (κ3) is 4.49. The number of carboxylic acids is 1. The molecule has 0 aliphatic carbocycles. The molecule has 94 valence electrons. The van der Waals surface area contributed by atoms with E-state index < -0.39 is 5.97 Å². The molecule has 0 aromatic rings. The SMILES string of the molecule is CCN(CC1CCCCO1)C(C)CC(=O)O. The molecule has 2 unspecified atom stereocenters. The van der Waals surface area contributed by atoms with Crippen LogP contribution < -0.4 is 0 Å². The standard InChI is InChI=1S/C12H23NO3/c1-3-13(10(2)8-12(14)15)9-11-6-4-5-7-16-11/h10-11H,3-9H2,1-2H3,(H,14,15). The van der Waals surface area contributed by atoms with Crippen LogP contribution in [0.15, 0.2) is 0 Å². The molecule has 0 radical (unpaired) electrons. The molecule has 0 bridgehead atoms. The van der Waals surface area contributed by atoms with E-state index in [1.807, 2.05) is 6.92 Å². The highest BCUT2D eigenvalue weighted by atomic mass is 16.5. The number of rotatable bonds is 6. The number of likely N-dealkylation sites (N-methyl/N-ethyl adjacent to an activating group) is 1. The van der Waals surface area contributed by atoms with Crippen LogP contribution in [0, 0.1) is 0 Å². The maximum Gasteiger partial charge on any atom is 0.304 e. The first-order valence-electron chi connectivity index (χ1n) is 6.21. The molecule has 1 rings (SSSR count). The van der Waals surface area contributed by atoms with Gasteiger partial charge < -0.3 is 9.84 Å². The third-order valence-electron chi connectivity index (χ3n) is 3.21. The summed E-state index contributed by atoms with van der Waals surface area (Å²) in [6.07, 6.45) is 4.00. The zero-order valence-electron chi connectivity index (χ0n) is 10.3. The molecule has 1 heterocycles. The molecule has 1 saturated heterocycles. The topological polar surface area (TPSA) is 49.8 Å². The van der Waals surface area contributed by atoms with Gasteiger partial charge in [-0.3, -0.25) is 9.69 Å². The monoisotopic (exact) mass is 229 g/mol. The molecule has 0 spiro atoms. The molecule has 0 saturated carbocycles. The second kappa shape index (κ2) is 6.86. The van der Waals surface area contributed by atoms with Crippen molar-refractivity contribution in [1.29, 1.82) is 0 Å². The van der Waals surface area contributed by atoms with Crippen molar-refractivity contribution >= 4 is 5.97 Å². The Morgan fingerprint density at radius 1 is 1.56 bits per heavy atom. The van der Waals surface area contributed by atoms with Crippen molar-refractivity contribution in [3.05, 3.63) is 0 Å². The number of hydrogen-bond donors (Lipinski definition) is 1. The van der Waals surface area contributed by atoms with Crippen molar-refractivity contribution in [3.8, 4) is 0 Å². The predicted octanol–water partition coefficient (Wildman–Crippen LogP) is 1.74. The molecular formula is C12H23NO3. The second-order valence-corrected chi connectivity index (χ2v) is 4.52. The van der Waals surface area contributed by atoms with Gasteiger partial charge in [-0.1, -0.05) is 6.92 Å². The van der Waals surface area contributed by atoms with E-state index >= 15 is 0 Å². The van der Waals surface area contributed by atoms with Gasteiger partial charge in [0.05, 0.1) is 12.5 Å². The maximum atomic E-state index is 10.7. The largest absolute Gasteiger partial charge is 0.481 e. The van der Waals surface area contributed by atoms with Crippen molar-refractivity contribution in [2.45, 2.75) is 51.7 Å². The normalized spacial score (nSPS) is 23.3. The van der Waals surface area contributed by atoms with Crippen molar-refractivity contribution in [2.24, 2.45) is 0 Å². The average molecular weight is 229 g/mol. The van der Waals surface area contributed by atoms with Crippen LogP contribution in [0.2, 0.25) is 0 Å². The number of hydrogen-bond acceptors (Lipinski definition) is 3. The van der Waals surface area contributed by atoms with Crippen LogP contribution in [0.4, 0.5) is 0 Å². The molecule has 1 fully saturated rings. The lowest BCUT2D eigenvalue weighted by atomic mass is 10.1. The zero-order chi connectivity index (χ0) is 12.0. The molecule has 2 atom stereocenters. The maximum absolute atomic E-state index is 10.7. The Kier molecular flexibility index (Phi) is 5.77. The van der Waals surface area contributed by atoms with Crippen LogP contribution in [-0.2, 0) is 9.53 Å². The smallest absolute Gasteiger partial charge is 0.304 e. The lowest BCUT2D eigenvalue weighted by Gasteiger charge is -2.32. The van der Waals surface area contributed by atoms with Gasteiger partial charge in [0.25, 0.3) is 0 Å². The molecule has 16 heavy (non-hydrogen) atoms. The highest BCUT2D eigenvalue weighted by molar-refractivity contribution is 5.67. The molecular weight excluding hydrogens is 206 g/mol. The molecule has 1 aliphatic heterocycles. The van der Waals surface area contributed by atoms with Crippen molar-refractivity contribution in [1.82, 2.24) is 4.90 Å². The van der Waals surface area contributed by atoms with Gasteiger partial charge in [-0.25, -0.2) is 0 Å². The van der Waals surface area contributed by atoms with E-state index in [1.54, 1.807) is 0 Å². The Labute approximate surface area is 97.6 Å². The summed E-state index contributed by atoms with van der Waals surface area (Å²) in [6, 6.07) is 0.0908. The van der Waals surface area contributed by atoms with Crippen molar-refractivity contribution < 1.29 is 14.6 Å². The molecule has 4 heteroatoms. The molecule has 1 aliphatic rings. The van der Waals surface area contributed by atoms with Crippen LogP contribution in [0.5, 0.6) is 0 Å². The van der Waals surface area contributed by atoms with Gasteiger partial charge in [-0.15, -0.1) is 0 Å². The van der Waals surface area contributed by atoms with Gasteiger partial charge in [0.1, 0.15) is 0 Å². The Morgan fingerprint density at radius 3 is 2.81 bits per heavy atom. The van der Waals surface area contributed by atoms with E-state index in [0.717, 1.165) is 32.5 Å². The number of carbonyl (C=O) groups is 1. The summed E-state index contributed by atoms with van der Waals surface area (Å²) in [5.41, 5.74) is 0. The average Bonchev–Trinajstić information content (AvgIpc) is 2.26. The van der Waals surface area contributed by atoms with Gasteiger partial charge in [-0.05, 0) is 32.7 Å². The van der Waals surface area contributed by atoms with Crippen LogP contribution in [0.1, 0.15) is 39.5 Å². The fraction of sp³-hybridized carbons (Fsp3) is 0.917. The fourth-order valence-electron chi connectivity index (χ4n) is 2.22. The van der Waals surface area contributed by atoms with Crippen molar-refractivity contribution in [2.75, 3.05) is 19.7 Å². The summed E-state index contributed by atoms with van der Waals surface area (Å²) in [4.78, 5) is 12.9. The van der Waals surface area contributed by atoms with E-state index in [2.05, 4.69) is 11.8 Å². The summed E-state index contributed by atoms with van der Waals surface area (Å²) < 4.78 is 5.68. The summed E-state index contributed by atoms with van der Waals surface area (Å²) in [5.74, 6) is -0.726. The minimum Gasteiger partial charge on any atom is -0.481 e. The van der Waals surface area contributed by atoms with Gasteiger partial charge in [0, 0.05) is 19.2 Å². The molecule has 1 N–H and O–H groups in total. The van der Waals surface area contributed by atoms with Crippen LogP contribution >= 0.6 is 0 Å². The fourth-order valence-corrected chi connectivity index (χ4v) is 2.22. The summed E-state index contributed by atoms with van der Waals surface area (Å²) in [7, 11) is 0. The van der Waals surface area contributed by atoms with Crippen LogP contribution in [-0.4, -0.2) is 47.8 Å². The summed E-state index contributed by atoms with van der Waals surface area (Å²) in [5, 5.41) is 8.78. The first-order valence-corrected chi connectivity index (χ1v) is 6.21. The Morgan fingerprint density at radius 2 is 2.31 bits per heavy atom. The second-order valence-electron chi connectivity index (χ2n) is 4.52. The van der Waals surface area contributed by atoms with E-state index in [4.69, 9.17) is 9.84 Å². The first kappa shape index (κ1) is 13.5. The number of carboxylic acid groups (broad SMARTS) is 1. The molecule has 4 nitrogen and oxygen atoms in total. The minimum atomic E-state index is -0.726. The minimum absolute atomic E-state index is 0.0908. The summed E-state index contributed by atoms with van der Waals surface area (Å²) >= 11 is 0. The number of nitrogens with zero attached hydrogens (tertiary/aromatic N) is 1. The highest BCUT2D eigenvalue weighted by Gasteiger charge is 2.21. The van der Waals surface area contributed by atoms with Gasteiger partial charge in [0.15, 0.2) is 0 Å². The number of aliphatic carboxylic acids is 1. The Balaban J connectivity index is 2.37. The van der Waals surface area contributed by atoms with E-state index in [1.165, 1.54) is 6.42 Å². The quantitative estimate of drug-likeness (QED) is 0.753. The van der Waals surface area contributed by atoms with Crippen molar-refractivity contribution in [3.63, 3.8) is 0 Å². The Hall–Kier alpha value is -0.610. The molecule has 0 amide bonds. The highest BCUT2D eigenvalue weighted by Crippen LogP contribution is 2.15. The van der Waals surface area contributed by atoms with Crippen LogP contribution in [0.3, 0.4) is 0 Å². The van der Waals surface area contributed by atoms with Crippen LogP contribution in [0.25, 0.3) is 0 Å². The van der Waals surface area contributed by atoms with Gasteiger partial charge in [-0.2, -0.15) is 0 Å². The third-order valence-corrected chi connectivity index (χ3v) is 3.21. The van der Waals surface area contributed by atoms with E-state index in [-0.39, 0.29) is 12.5 Å². The summed E-state index contributed by atoms with van der Waals surface area (Å²) in [6.45, 7) is 6.65. The molecule has 0 aromatic carbocycles. The lowest BCUT2D eigenvalue weighted by molar-refractivity contribution is -0.138. The predicted molar refractivity (Wildman–Crippen MR) is 62.6 cm³/mol. The van der Waals surface area contributed by atoms with E-state index in [9.17, 15) is 4.79 Å². The van der Waals surface area contributed by atoms with Gasteiger partial charge in [0.2, 0.25) is 0 Å².